The molecule has 0 saturated carbocycles. The maximum Gasteiger partial charge on any atom is 0.411 e. The highest BCUT2D eigenvalue weighted by Crippen LogP contribution is 2.34. The van der Waals surface area contributed by atoms with Crippen molar-refractivity contribution in [1.29, 1.82) is 0 Å². The van der Waals surface area contributed by atoms with Gasteiger partial charge in [0.05, 0.1) is 0 Å². The highest BCUT2D eigenvalue weighted by molar-refractivity contribution is 5.82. The van der Waals surface area contributed by atoms with Crippen molar-refractivity contribution < 1.29 is 28.2 Å². The summed E-state index contributed by atoms with van der Waals surface area (Å²) in [6.45, 7) is -0.425. The third kappa shape index (κ3) is 2.87. The second kappa shape index (κ2) is 5.44. The molecule has 1 amide bonds. The fourth-order valence-electron chi connectivity index (χ4n) is 2.08. The van der Waals surface area contributed by atoms with Crippen LogP contribution in [0.15, 0.2) is 30.3 Å². The largest absolute Gasteiger partial charge is 0.480 e. The van der Waals surface area contributed by atoms with Gasteiger partial charge < -0.3 is 9.84 Å². The van der Waals surface area contributed by atoms with Crippen LogP contribution < -0.4 is 0 Å². The van der Waals surface area contributed by atoms with Gasteiger partial charge in [-0.1, -0.05) is 30.3 Å². The van der Waals surface area contributed by atoms with Gasteiger partial charge in [-0.05, 0) is 5.56 Å². The molecule has 1 aromatic rings. The lowest BCUT2D eigenvalue weighted by atomic mass is 10.1. The van der Waals surface area contributed by atoms with Gasteiger partial charge in [-0.2, -0.15) is 0 Å². The van der Waals surface area contributed by atoms with E-state index in [2.05, 4.69) is 0 Å². The number of nitrogens with zero attached hydrogens (tertiary/aromatic N) is 1. The Hall–Kier alpha value is -2.18. The van der Waals surface area contributed by atoms with E-state index in [1.165, 1.54) is 0 Å². The Labute approximate surface area is 113 Å². The highest BCUT2D eigenvalue weighted by Gasteiger charge is 2.55. The van der Waals surface area contributed by atoms with Crippen LogP contribution >= 0.6 is 0 Å². The summed E-state index contributed by atoms with van der Waals surface area (Å²) in [5.74, 6) is -5.17. The molecule has 1 heterocycles. The second-order valence-corrected chi connectivity index (χ2v) is 4.49. The number of aliphatic carboxylic acids is 1. The Bertz CT molecular complexity index is 506. The fourth-order valence-corrected chi connectivity index (χ4v) is 2.08. The Morgan fingerprint density at radius 2 is 2.00 bits per heavy atom. The number of ether oxygens (including phenoxy) is 1. The quantitative estimate of drug-likeness (QED) is 0.923. The molecule has 1 aromatic carbocycles. The summed E-state index contributed by atoms with van der Waals surface area (Å²) >= 11 is 0. The predicted octanol–water partition coefficient (Wildman–Crippen LogP) is 2.12. The Kier molecular flexibility index (Phi) is 3.87. The van der Waals surface area contributed by atoms with E-state index >= 15 is 0 Å². The van der Waals surface area contributed by atoms with Gasteiger partial charge >= 0.3 is 12.1 Å². The first kappa shape index (κ1) is 14.2. The van der Waals surface area contributed by atoms with Gasteiger partial charge in [0.15, 0.2) is 6.04 Å². The van der Waals surface area contributed by atoms with Gasteiger partial charge in [0.2, 0.25) is 0 Å². The lowest BCUT2D eigenvalue weighted by molar-refractivity contribution is -0.151. The van der Waals surface area contributed by atoms with Crippen LogP contribution in [0.3, 0.4) is 0 Å². The number of carbonyl (C=O) groups is 2. The van der Waals surface area contributed by atoms with Gasteiger partial charge in [-0.15, -0.1) is 0 Å². The van der Waals surface area contributed by atoms with E-state index in [1.807, 2.05) is 0 Å². The molecule has 1 aliphatic heterocycles. The van der Waals surface area contributed by atoms with Crippen molar-refractivity contribution in [3.05, 3.63) is 35.9 Å². The van der Waals surface area contributed by atoms with Crippen LogP contribution in [0.5, 0.6) is 0 Å². The van der Waals surface area contributed by atoms with E-state index in [9.17, 15) is 18.4 Å². The molecule has 0 aliphatic carbocycles. The van der Waals surface area contributed by atoms with Crippen molar-refractivity contribution in [2.45, 2.75) is 25.0 Å². The van der Waals surface area contributed by atoms with E-state index in [1.54, 1.807) is 30.3 Å². The van der Waals surface area contributed by atoms with Crippen LogP contribution in [0.25, 0.3) is 0 Å². The highest BCUT2D eigenvalue weighted by atomic mass is 19.3. The van der Waals surface area contributed by atoms with E-state index in [0.29, 0.717) is 10.5 Å². The van der Waals surface area contributed by atoms with E-state index in [4.69, 9.17) is 9.84 Å². The summed E-state index contributed by atoms with van der Waals surface area (Å²) in [7, 11) is 0. The Balaban J connectivity index is 2.00. The van der Waals surface area contributed by atoms with Gasteiger partial charge in [-0.25, -0.2) is 18.4 Å². The van der Waals surface area contributed by atoms with Crippen LogP contribution in [0, 0.1) is 0 Å². The number of halogens is 2. The number of benzene rings is 1. The van der Waals surface area contributed by atoms with E-state index < -0.39 is 30.4 Å². The minimum absolute atomic E-state index is 0.0892. The number of carboxylic acid groups (broad SMARTS) is 1. The molecule has 1 aliphatic rings. The molecule has 1 fully saturated rings. The topological polar surface area (TPSA) is 66.8 Å². The molecule has 0 aromatic heterocycles. The van der Waals surface area contributed by atoms with Crippen LogP contribution in [0.1, 0.15) is 12.0 Å². The van der Waals surface area contributed by atoms with Crippen LogP contribution in [0.4, 0.5) is 13.6 Å². The summed E-state index contributed by atoms with van der Waals surface area (Å²) < 4.78 is 31.7. The van der Waals surface area contributed by atoms with Crippen LogP contribution in [-0.2, 0) is 16.1 Å². The standard InChI is InChI=1S/C13H13F2NO4/c14-13(15)6-7-16(10(13)11(17)18)12(19)20-8-9-4-2-1-3-5-9/h1-5,10H,6-8H2,(H,17,18)/t10-/m1/s1. The second-order valence-electron chi connectivity index (χ2n) is 4.49. The lowest BCUT2D eigenvalue weighted by Crippen LogP contribution is -2.48. The van der Waals surface area contributed by atoms with Crippen molar-refractivity contribution in [3.8, 4) is 0 Å². The summed E-state index contributed by atoms with van der Waals surface area (Å²) in [5, 5.41) is 8.82. The molecule has 1 atom stereocenters. The van der Waals surface area contributed by atoms with Gasteiger partial charge in [0.1, 0.15) is 6.61 Å². The number of alkyl halides is 2. The normalized spacial score (nSPS) is 20.7. The summed E-state index contributed by atoms with van der Waals surface area (Å²) in [6.07, 6.45) is -1.72. The summed E-state index contributed by atoms with van der Waals surface area (Å²) in [5.41, 5.74) is 0.693. The molecule has 0 bridgehead atoms. The maximum absolute atomic E-state index is 13.4. The molecule has 0 spiro atoms. The Morgan fingerprint density at radius 1 is 1.35 bits per heavy atom. The number of carbonyl (C=O) groups excluding carboxylic acids is 1. The SMILES string of the molecule is O=C(O)[C@H]1N(C(=O)OCc2ccccc2)CCC1(F)F. The molecule has 5 nitrogen and oxygen atoms in total. The van der Waals surface area contributed by atoms with Crippen LogP contribution in [-0.4, -0.2) is 40.6 Å². The number of likely N-dealkylation sites (tertiary alicyclic amines) is 1. The molecular formula is C13H13F2NO4. The molecule has 2 rings (SSSR count). The molecule has 1 saturated heterocycles. The average molecular weight is 285 g/mol. The summed E-state index contributed by atoms with van der Waals surface area (Å²) in [6, 6.07) is 6.53. The predicted molar refractivity (Wildman–Crippen MR) is 64.3 cm³/mol. The molecule has 20 heavy (non-hydrogen) atoms. The minimum Gasteiger partial charge on any atom is -0.480 e. The van der Waals surface area contributed by atoms with Gasteiger partial charge in [-0.3, -0.25) is 4.90 Å². The van der Waals surface area contributed by atoms with Crippen molar-refractivity contribution in [1.82, 2.24) is 4.90 Å². The zero-order chi connectivity index (χ0) is 14.8. The average Bonchev–Trinajstić information content (AvgIpc) is 2.73. The number of carboxylic acids is 1. The molecule has 1 N–H and O–H groups in total. The molecule has 0 unspecified atom stereocenters. The smallest absolute Gasteiger partial charge is 0.411 e. The first-order chi connectivity index (χ1) is 9.42. The number of rotatable bonds is 3. The summed E-state index contributed by atoms with van der Waals surface area (Å²) in [4.78, 5) is 23.2. The van der Waals surface area contributed by atoms with Gasteiger partial charge in [0.25, 0.3) is 5.92 Å². The lowest BCUT2D eigenvalue weighted by Gasteiger charge is -2.23. The molecule has 0 radical (unpaired) electrons. The first-order valence-electron chi connectivity index (χ1n) is 6.00. The minimum atomic E-state index is -3.43. The van der Waals surface area contributed by atoms with E-state index in [-0.39, 0.29) is 13.2 Å². The Morgan fingerprint density at radius 3 is 2.60 bits per heavy atom. The van der Waals surface area contributed by atoms with Crippen molar-refractivity contribution in [2.75, 3.05) is 6.54 Å². The fraction of sp³-hybridized carbons (Fsp3) is 0.385. The third-order valence-electron chi connectivity index (χ3n) is 3.07. The van der Waals surface area contributed by atoms with Crippen LogP contribution in [0.2, 0.25) is 0 Å². The molecule has 108 valence electrons. The van der Waals surface area contributed by atoms with Crippen molar-refractivity contribution in [2.24, 2.45) is 0 Å². The van der Waals surface area contributed by atoms with Gasteiger partial charge in [0, 0.05) is 13.0 Å². The van der Waals surface area contributed by atoms with Crippen molar-refractivity contribution >= 4 is 12.1 Å². The first-order valence-corrected chi connectivity index (χ1v) is 6.00. The zero-order valence-electron chi connectivity index (χ0n) is 10.5. The third-order valence-corrected chi connectivity index (χ3v) is 3.07. The number of amides is 1. The maximum atomic E-state index is 13.4. The molecular weight excluding hydrogens is 272 g/mol. The van der Waals surface area contributed by atoms with E-state index in [0.717, 1.165) is 0 Å². The number of hydrogen-bond acceptors (Lipinski definition) is 3. The molecule has 7 heteroatoms. The zero-order valence-corrected chi connectivity index (χ0v) is 10.5. The van der Waals surface area contributed by atoms with Crippen molar-refractivity contribution in [3.63, 3.8) is 0 Å². The number of hydrogen-bond donors (Lipinski definition) is 1. The monoisotopic (exact) mass is 285 g/mol.